The summed E-state index contributed by atoms with van der Waals surface area (Å²) in [5, 5.41) is 0. The number of piperidine rings is 1. The highest BCUT2D eigenvalue weighted by Crippen LogP contribution is 2.18. The number of carbonyl (C=O) groups excluding carboxylic acids is 2. The zero-order valence-corrected chi connectivity index (χ0v) is 14.2. The minimum atomic E-state index is -0.287. The lowest BCUT2D eigenvalue weighted by atomic mass is 9.98. The van der Waals surface area contributed by atoms with Gasteiger partial charge in [-0.05, 0) is 24.3 Å². The lowest BCUT2D eigenvalue weighted by Gasteiger charge is -2.34. The molecule has 0 spiro atoms. The minimum Gasteiger partial charge on any atom is -0.445 e. The molecule has 0 radical (unpaired) electrons. The SMILES string of the molecule is CN(CC1CCCN(C(=O)OCc2ccccc2)C1)C(=O)CCl. The highest BCUT2D eigenvalue weighted by molar-refractivity contribution is 6.27. The van der Waals surface area contributed by atoms with Gasteiger partial charge < -0.3 is 14.5 Å². The molecule has 0 bridgehead atoms. The zero-order chi connectivity index (χ0) is 16.7. The van der Waals surface area contributed by atoms with Gasteiger partial charge in [-0.3, -0.25) is 4.79 Å². The van der Waals surface area contributed by atoms with Crippen LogP contribution in [0.4, 0.5) is 4.79 Å². The summed E-state index contributed by atoms with van der Waals surface area (Å²) in [5.74, 6) is 0.173. The first-order chi connectivity index (χ1) is 11.1. The van der Waals surface area contributed by atoms with Crippen LogP contribution in [-0.4, -0.2) is 54.4 Å². The van der Waals surface area contributed by atoms with Crippen LogP contribution in [0.5, 0.6) is 0 Å². The van der Waals surface area contributed by atoms with Crippen molar-refractivity contribution < 1.29 is 14.3 Å². The van der Waals surface area contributed by atoms with E-state index in [1.807, 2.05) is 30.3 Å². The molecular formula is C17H23ClN2O3. The van der Waals surface area contributed by atoms with Crippen molar-refractivity contribution in [2.75, 3.05) is 32.6 Å². The standard InChI is InChI=1S/C17H23ClN2O3/c1-19(16(21)10-18)11-15-8-5-9-20(12-15)17(22)23-13-14-6-3-2-4-7-14/h2-4,6-7,15H,5,8-13H2,1H3. The Kier molecular flexibility index (Phi) is 6.71. The molecule has 1 fully saturated rings. The summed E-state index contributed by atoms with van der Waals surface area (Å²) in [4.78, 5) is 27.1. The molecule has 0 aliphatic carbocycles. The smallest absolute Gasteiger partial charge is 0.410 e. The number of benzene rings is 1. The molecule has 1 heterocycles. The van der Waals surface area contributed by atoms with Gasteiger partial charge in [0, 0.05) is 26.7 Å². The number of rotatable bonds is 5. The molecule has 1 atom stereocenters. The lowest BCUT2D eigenvalue weighted by Crippen LogP contribution is -2.44. The molecule has 1 aliphatic rings. The molecular weight excluding hydrogens is 316 g/mol. The van der Waals surface area contributed by atoms with Gasteiger partial charge in [0.1, 0.15) is 12.5 Å². The van der Waals surface area contributed by atoms with Crippen molar-refractivity contribution in [3.63, 3.8) is 0 Å². The average Bonchev–Trinajstić information content (AvgIpc) is 2.60. The predicted octanol–water partition coefficient (Wildman–Crippen LogP) is 2.73. The molecule has 2 rings (SSSR count). The molecule has 0 aromatic heterocycles. The van der Waals surface area contributed by atoms with Gasteiger partial charge in [-0.25, -0.2) is 4.79 Å². The molecule has 1 aliphatic heterocycles. The summed E-state index contributed by atoms with van der Waals surface area (Å²) in [6.07, 6.45) is 1.64. The maximum Gasteiger partial charge on any atom is 0.410 e. The van der Waals surface area contributed by atoms with E-state index in [-0.39, 0.29) is 30.4 Å². The Bertz CT molecular complexity index is 524. The molecule has 1 saturated heterocycles. The Labute approximate surface area is 142 Å². The van der Waals surface area contributed by atoms with Gasteiger partial charge in [0.15, 0.2) is 0 Å². The highest BCUT2D eigenvalue weighted by atomic mass is 35.5. The molecule has 1 unspecified atom stereocenters. The van der Waals surface area contributed by atoms with E-state index in [0.29, 0.717) is 19.6 Å². The van der Waals surface area contributed by atoms with Gasteiger partial charge in [-0.1, -0.05) is 30.3 Å². The van der Waals surface area contributed by atoms with Crippen LogP contribution in [-0.2, 0) is 16.1 Å². The maximum absolute atomic E-state index is 12.2. The summed E-state index contributed by atoms with van der Waals surface area (Å²) in [7, 11) is 1.75. The normalized spacial score (nSPS) is 17.7. The van der Waals surface area contributed by atoms with Gasteiger partial charge in [-0.15, -0.1) is 11.6 Å². The largest absolute Gasteiger partial charge is 0.445 e. The second kappa shape index (κ2) is 8.77. The summed E-state index contributed by atoms with van der Waals surface area (Å²) >= 11 is 5.57. The van der Waals surface area contributed by atoms with Crippen molar-refractivity contribution in [1.82, 2.24) is 9.80 Å². The third-order valence-corrected chi connectivity index (χ3v) is 4.28. The number of ether oxygens (including phenoxy) is 1. The van der Waals surface area contributed by atoms with Crippen LogP contribution in [0.3, 0.4) is 0 Å². The summed E-state index contributed by atoms with van der Waals surface area (Å²) in [6, 6.07) is 9.63. The first kappa shape index (κ1) is 17.6. The average molecular weight is 339 g/mol. The third-order valence-electron chi connectivity index (χ3n) is 4.05. The van der Waals surface area contributed by atoms with Crippen molar-refractivity contribution in [3.05, 3.63) is 35.9 Å². The van der Waals surface area contributed by atoms with Gasteiger partial charge in [-0.2, -0.15) is 0 Å². The topological polar surface area (TPSA) is 49.9 Å². The van der Waals surface area contributed by atoms with Crippen molar-refractivity contribution >= 4 is 23.6 Å². The predicted molar refractivity (Wildman–Crippen MR) is 89.3 cm³/mol. The van der Waals surface area contributed by atoms with Crippen LogP contribution in [0.1, 0.15) is 18.4 Å². The van der Waals surface area contributed by atoms with Gasteiger partial charge in [0.05, 0.1) is 0 Å². The maximum atomic E-state index is 12.2. The van der Waals surface area contributed by atoms with E-state index in [1.165, 1.54) is 0 Å². The molecule has 5 nitrogen and oxygen atoms in total. The fourth-order valence-electron chi connectivity index (χ4n) is 2.78. The van der Waals surface area contributed by atoms with E-state index in [9.17, 15) is 9.59 Å². The molecule has 2 amide bonds. The first-order valence-electron chi connectivity index (χ1n) is 7.85. The van der Waals surface area contributed by atoms with Crippen LogP contribution in [0.15, 0.2) is 30.3 Å². The summed E-state index contributed by atoms with van der Waals surface area (Å²) in [5.41, 5.74) is 0.974. The molecule has 1 aromatic rings. The van der Waals surface area contributed by atoms with Crippen molar-refractivity contribution in [1.29, 1.82) is 0 Å². The van der Waals surface area contributed by atoms with E-state index in [1.54, 1.807) is 16.8 Å². The highest BCUT2D eigenvalue weighted by Gasteiger charge is 2.26. The molecule has 0 N–H and O–H groups in total. The minimum absolute atomic E-state index is 0.00789. The number of halogens is 1. The van der Waals surface area contributed by atoms with E-state index in [0.717, 1.165) is 18.4 Å². The van der Waals surface area contributed by atoms with Gasteiger partial charge >= 0.3 is 6.09 Å². The third kappa shape index (κ3) is 5.43. The number of amides is 2. The van der Waals surface area contributed by atoms with Crippen LogP contribution in [0.25, 0.3) is 0 Å². The van der Waals surface area contributed by atoms with Crippen molar-refractivity contribution in [2.24, 2.45) is 5.92 Å². The quantitative estimate of drug-likeness (QED) is 0.776. The number of alkyl halides is 1. The van der Waals surface area contributed by atoms with Crippen LogP contribution >= 0.6 is 11.6 Å². The second-order valence-corrected chi connectivity index (χ2v) is 6.17. The number of nitrogens with zero attached hydrogens (tertiary/aromatic N) is 2. The van der Waals surface area contributed by atoms with Gasteiger partial charge in [0.25, 0.3) is 0 Å². The van der Waals surface area contributed by atoms with Crippen molar-refractivity contribution in [3.8, 4) is 0 Å². The first-order valence-corrected chi connectivity index (χ1v) is 8.39. The van der Waals surface area contributed by atoms with E-state index < -0.39 is 0 Å². The zero-order valence-electron chi connectivity index (χ0n) is 13.4. The van der Waals surface area contributed by atoms with Crippen LogP contribution < -0.4 is 0 Å². The Balaban J connectivity index is 1.80. The molecule has 6 heteroatoms. The van der Waals surface area contributed by atoms with E-state index in [4.69, 9.17) is 16.3 Å². The Morgan fingerprint density at radius 1 is 1.35 bits per heavy atom. The summed E-state index contributed by atoms with van der Waals surface area (Å²) < 4.78 is 5.37. The fourth-order valence-corrected chi connectivity index (χ4v) is 2.99. The second-order valence-electron chi connectivity index (χ2n) is 5.90. The Hall–Kier alpha value is -1.75. The number of likely N-dealkylation sites (tertiary alicyclic amines) is 1. The molecule has 1 aromatic carbocycles. The Morgan fingerprint density at radius 2 is 2.09 bits per heavy atom. The number of hydrogen-bond acceptors (Lipinski definition) is 3. The monoisotopic (exact) mass is 338 g/mol. The summed E-state index contributed by atoms with van der Waals surface area (Å²) in [6.45, 7) is 2.23. The number of hydrogen-bond donors (Lipinski definition) is 0. The van der Waals surface area contributed by atoms with E-state index >= 15 is 0 Å². The number of carbonyl (C=O) groups is 2. The van der Waals surface area contributed by atoms with Crippen LogP contribution in [0.2, 0.25) is 0 Å². The fraction of sp³-hybridized carbons (Fsp3) is 0.529. The molecule has 126 valence electrons. The van der Waals surface area contributed by atoms with E-state index in [2.05, 4.69) is 0 Å². The molecule has 0 saturated carbocycles. The lowest BCUT2D eigenvalue weighted by molar-refractivity contribution is -0.127. The Morgan fingerprint density at radius 3 is 2.78 bits per heavy atom. The van der Waals surface area contributed by atoms with Gasteiger partial charge in [0.2, 0.25) is 5.91 Å². The van der Waals surface area contributed by atoms with Crippen molar-refractivity contribution in [2.45, 2.75) is 19.4 Å². The van der Waals surface area contributed by atoms with Crippen LogP contribution in [0, 0.1) is 5.92 Å². The molecule has 23 heavy (non-hydrogen) atoms.